The zero-order chi connectivity index (χ0) is 12.1. The number of rotatable bonds is 5. The molecule has 0 aliphatic heterocycles. The van der Waals surface area contributed by atoms with Crippen LogP contribution < -0.4 is 14.2 Å². The van der Waals surface area contributed by atoms with E-state index in [0.29, 0.717) is 5.56 Å². The van der Waals surface area contributed by atoms with Gasteiger partial charge in [0.1, 0.15) is 0 Å². The minimum Gasteiger partial charge on any atom is -0.493 e. The van der Waals surface area contributed by atoms with Crippen molar-refractivity contribution in [2.24, 2.45) is 0 Å². The molecule has 0 aliphatic rings. The van der Waals surface area contributed by atoms with Gasteiger partial charge >= 0.3 is 6.61 Å². The largest absolute Gasteiger partial charge is 0.493 e. The molecule has 1 aromatic rings. The number of alkyl halides is 3. The van der Waals surface area contributed by atoms with Crippen molar-refractivity contribution in [3.05, 3.63) is 17.7 Å². The molecule has 0 aromatic heterocycles. The van der Waals surface area contributed by atoms with Gasteiger partial charge in [0.25, 0.3) is 0 Å². The minimum absolute atomic E-state index is 0.131. The molecule has 0 fully saturated rings. The summed E-state index contributed by atoms with van der Waals surface area (Å²) in [5.74, 6) is 0.418. The maximum absolute atomic E-state index is 12.2. The molecule has 3 nitrogen and oxygen atoms in total. The number of halogens is 3. The Bertz CT molecular complexity index is 333. The van der Waals surface area contributed by atoms with Gasteiger partial charge < -0.3 is 14.2 Å². The Hall–Kier alpha value is -1.23. The highest BCUT2D eigenvalue weighted by Gasteiger charge is 2.17. The van der Waals surface area contributed by atoms with E-state index in [1.807, 2.05) is 0 Å². The molecule has 0 saturated carbocycles. The van der Waals surface area contributed by atoms with Gasteiger partial charge in [0.05, 0.1) is 14.2 Å². The van der Waals surface area contributed by atoms with E-state index in [4.69, 9.17) is 21.1 Å². The van der Waals surface area contributed by atoms with Gasteiger partial charge in [0, 0.05) is 5.88 Å². The Morgan fingerprint density at radius 1 is 1.19 bits per heavy atom. The number of hydrogen-bond donors (Lipinski definition) is 0. The fourth-order valence-electron chi connectivity index (χ4n) is 1.22. The molecule has 6 heteroatoms. The zero-order valence-corrected chi connectivity index (χ0v) is 9.55. The second-order valence-electron chi connectivity index (χ2n) is 2.84. The van der Waals surface area contributed by atoms with E-state index < -0.39 is 6.61 Å². The van der Waals surface area contributed by atoms with E-state index in [1.165, 1.54) is 26.4 Å². The van der Waals surface area contributed by atoms with Crippen molar-refractivity contribution in [3.63, 3.8) is 0 Å². The van der Waals surface area contributed by atoms with Crippen molar-refractivity contribution in [2.45, 2.75) is 12.5 Å². The first-order valence-corrected chi connectivity index (χ1v) is 4.91. The quantitative estimate of drug-likeness (QED) is 0.754. The molecule has 0 saturated heterocycles. The highest BCUT2D eigenvalue weighted by Crippen LogP contribution is 2.39. The second kappa shape index (κ2) is 5.75. The Morgan fingerprint density at radius 2 is 1.69 bits per heavy atom. The molecule has 0 unspecified atom stereocenters. The Kier molecular flexibility index (Phi) is 4.61. The SMILES string of the molecule is COc1cc(CCl)cc(OC)c1OC(F)F. The van der Waals surface area contributed by atoms with E-state index in [1.54, 1.807) is 0 Å². The highest BCUT2D eigenvalue weighted by molar-refractivity contribution is 6.17. The normalized spacial score (nSPS) is 10.4. The number of benzene rings is 1. The summed E-state index contributed by atoms with van der Waals surface area (Å²) >= 11 is 5.64. The van der Waals surface area contributed by atoms with E-state index in [0.717, 1.165) is 0 Å². The van der Waals surface area contributed by atoms with Crippen LogP contribution in [0.25, 0.3) is 0 Å². The molecular formula is C10H11ClF2O3. The Labute approximate surface area is 96.9 Å². The monoisotopic (exact) mass is 252 g/mol. The van der Waals surface area contributed by atoms with Gasteiger partial charge in [-0.25, -0.2) is 0 Å². The maximum Gasteiger partial charge on any atom is 0.387 e. The van der Waals surface area contributed by atoms with Crippen LogP contribution >= 0.6 is 11.6 Å². The summed E-state index contributed by atoms with van der Waals surface area (Å²) in [5.41, 5.74) is 0.692. The van der Waals surface area contributed by atoms with Gasteiger partial charge in [-0.3, -0.25) is 0 Å². The molecule has 0 spiro atoms. The van der Waals surface area contributed by atoms with E-state index in [-0.39, 0.29) is 23.1 Å². The third kappa shape index (κ3) is 2.88. The van der Waals surface area contributed by atoms with Crippen LogP contribution in [0.4, 0.5) is 8.78 Å². The van der Waals surface area contributed by atoms with E-state index in [9.17, 15) is 8.78 Å². The third-order valence-corrected chi connectivity index (χ3v) is 2.19. The predicted octanol–water partition coefficient (Wildman–Crippen LogP) is 3.04. The zero-order valence-electron chi connectivity index (χ0n) is 8.80. The van der Waals surface area contributed by atoms with Crippen LogP contribution in [0, 0.1) is 0 Å². The first-order chi connectivity index (χ1) is 7.62. The first-order valence-electron chi connectivity index (χ1n) is 4.38. The lowest BCUT2D eigenvalue weighted by atomic mass is 10.2. The van der Waals surface area contributed by atoms with Crippen LogP contribution in [0.2, 0.25) is 0 Å². The molecule has 0 heterocycles. The molecule has 1 aromatic carbocycles. The molecule has 0 radical (unpaired) electrons. The van der Waals surface area contributed by atoms with Gasteiger partial charge in [-0.15, -0.1) is 11.6 Å². The van der Waals surface area contributed by atoms with Crippen molar-refractivity contribution in [3.8, 4) is 17.2 Å². The molecule has 90 valence electrons. The maximum atomic E-state index is 12.2. The van der Waals surface area contributed by atoms with E-state index in [2.05, 4.69) is 4.74 Å². The van der Waals surface area contributed by atoms with Crippen LogP contribution in [0.1, 0.15) is 5.56 Å². The lowest BCUT2D eigenvalue weighted by Crippen LogP contribution is -2.05. The smallest absolute Gasteiger partial charge is 0.387 e. The van der Waals surface area contributed by atoms with Crippen LogP contribution in [0.5, 0.6) is 17.2 Å². The van der Waals surface area contributed by atoms with Crippen LogP contribution in [0.15, 0.2) is 12.1 Å². The predicted molar refractivity (Wildman–Crippen MR) is 55.7 cm³/mol. The Balaban J connectivity index is 3.20. The molecule has 1 rings (SSSR count). The summed E-state index contributed by atoms with van der Waals surface area (Å²) in [5, 5.41) is 0. The van der Waals surface area contributed by atoms with Gasteiger partial charge in [0.15, 0.2) is 11.5 Å². The van der Waals surface area contributed by atoms with E-state index >= 15 is 0 Å². The third-order valence-electron chi connectivity index (χ3n) is 1.88. The average molecular weight is 253 g/mol. The number of ether oxygens (including phenoxy) is 3. The van der Waals surface area contributed by atoms with Crippen molar-refractivity contribution in [1.29, 1.82) is 0 Å². The van der Waals surface area contributed by atoms with Crippen molar-refractivity contribution in [1.82, 2.24) is 0 Å². The van der Waals surface area contributed by atoms with Gasteiger partial charge in [-0.05, 0) is 17.7 Å². The van der Waals surface area contributed by atoms with Crippen LogP contribution in [0.3, 0.4) is 0 Å². The number of methoxy groups -OCH3 is 2. The first kappa shape index (κ1) is 12.8. The van der Waals surface area contributed by atoms with Crippen molar-refractivity contribution >= 4 is 11.6 Å². The summed E-state index contributed by atoms with van der Waals surface area (Å²) in [4.78, 5) is 0. The van der Waals surface area contributed by atoms with Gasteiger partial charge in [0.2, 0.25) is 5.75 Å². The summed E-state index contributed by atoms with van der Waals surface area (Å²) < 4.78 is 38.6. The highest BCUT2D eigenvalue weighted by atomic mass is 35.5. The molecule has 0 amide bonds. The van der Waals surface area contributed by atoms with Crippen LogP contribution in [-0.2, 0) is 5.88 Å². The minimum atomic E-state index is -2.94. The fourth-order valence-corrected chi connectivity index (χ4v) is 1.37. The summed E-state index contributed by atoms with van der Waals surface area (Å²) in [6.45, 7) is -2.94. The Morgan fingerprint density at radius 3 is 2.00 bits per heavy atom. The van der Waals surface area contributed by atoms with Gasteiger partial charge in [-0.1, -0.05) is 0 Å². The van der Waals surface area contributed by atoms with Crippen molar-refractivity contribution < 1.29 is 23.0 Å². The topological polar surface area (TPSA) is 27.7 Å². The van der Waals surface area contributed by atoms with Crippen LogP contribution in [-0.4, -0.2) is 20.8 Å². The molecule has 16 heavy (non-hydrogen) atoms. The second-order valence-corrected chi connectivity index (χ2v) is 3.11. The molecule has 0 bridgehead atoms. The lowest BCUT2D eigenvalue weighted by Gasteiger charge is -2.14. The fraction of sp³-hybridized carbons (Fsp3) is 0.400. The average Bonchev–Trinajstić information content (AvgIpc) is 2.28. The summed E-state index contributed by atoms with van der Waals surface area (Å²) in [6, 6.07) is 3.04. The number of hydrogen-bond acceptors (Lipinski definition) is 3. The lowest BCUT2D eigenvalue weighted by molar-refractivity contribution is -0.0526. The summed E-state index contributed by atoms with van der Waals surface area (Å²) in [6.07, 6.45) is 0. The summed E-state index contributed by atoms with van der Waals surface area (Å²) in [7, 11) is 2.70. The van der Waals surface area contributed by atoms with Gasteiger partial charge in [-0.2, -0.15) is 8.78 Å². The molecular weight excluding hydrogens is 242 g/mol. The standard InChI is InChI=1S/C10H11ClF2O3/c1-14-7-3-6(5-11)4-8(15-2)9(7)16-10(12)13/h3-4,10H,5H2,1-2H3. The molecule has 0 N–H and O–H groups in total. The molecule has 0 aliphatic carbocycles. The molecule has 0 atom stereocenters. The van der Waals surface area contributed by atoms with Crippen molar-refractivity contribution in [2.75, 3.05) is 14.2 Å².